The first kappa shape index (κ1) is 83.7. The fourth-order valence-corrected chi connectivity index (χ4v) is 11.1. The highest BCUT2D eigenvalue weighted by molar-refractivity contribution is 7.47. The van der Waals surface area contributed by atoms with E-state index >= 15 is 0 Å². The van der Waals surface area contributed by atoms with E-state index in [2.05, 4.69) is 123 Å². The van der Waals surface area contributed by atoms with Crippen molar-refractivity contribution in [3.05, 3.63) is 109 Å². The molecule has 2 atom stereocenters. The van der Waals surface area contributed by atoms with Crippen molar-refractivity contribution < 1.29 is 37.6 Å². The zero-order chi connectivity index (χ0) is 63.0. The molecule has 0 radical (unpaired) electrons. The van der Waals surface area contributed by atoms with Gasteiger partial charge in [-0.1, -0.05) is 329 Å². The molecule has 0 aromatic heterocycles. The van der Waals surface area contributed by atoms with Crippen molar-refractivity contribution in [2.24, 2.45) is 5.73 Å². The number of phosphoric ester groups is 1. The number of rotatable bonds is 68. The minimum absolute atomic E-state index is 0.0505. The largest absolute Gasteiger partial charge is 0.472 e. The Labute approximate surface area is 537 Å². The molecule has 502 valence electrons. The molecule has 9 nitrogen and oxygen atoms in total. The van der Waals surface area contributed by atoms with Gasteiger partial charge in [0.1, 0.15) is 6.61 Å². The van der Waals surface area contributed by atoms with Gasteiger partial charge in [-0.25, -0.2) is 4.57 Å². The summed E-state index contributed by atoms with van der Waals surface area (Å²) < 4.78 is 33.2. The molecule has 2 unspecified atom stereocenters. The number of hydrogen-bond donors (Lipinski definition) is 2. The molecular weight excluding hydrogens is 1100 g/mol. The maximum absolute atomic E-state index is 12.8. The molecule has 0 spiro atoms. The van der Waals surface area contributed by atoms with Gasteiger partial charge < -0.3 is 20.1 Å². The number of ether oxygens (including phenoxy) is 2. The molecule has 0 aliphatic carbocycles. The molecule has 3 N–H and O–H groups in total. The van der Waals surface area contributed by atoms with Gasteiger partial charge in [0.05, 0.1) is 13.2 Å². The van der Waals surface area contributed by atoms with Crippen LogP contribution in [0, 0.1) is 0 Å². The topological polar surface area (TPSA) is 134 Å². The first-order valence-corrected chi connectivity index (χ1v) is 37.9. The van der Waals surface area contributed by atoms with E-state index < -0.39 is 26.5 Å². The van der Waals surface area contributed by atoms with Crippen molar-refractivity contribution in [2.75, 3.05) is 26.4 Å². The van der Waals surface area contributed by atoms with Crippen LogP contribution in [0.4, 0.5) is 0 Å². The van der Waals surface area contributed by atoms with E-state index in [1.165, 1.54) is 212 Å². The summed E-state index contributed by atoms with van der Waals surface area (Å²) in [6, 6.07) is 0. The van der Waals surface area contributed by atoms with Crippen LogP contribution in [0.2, 0.25) is 0 Å². The van der Waals surface area contributed by atoms with Crippen LogP contribution in [0.25, 0.3) is 0 Å². The fourth-order valence-electron chi connectivity index (χ4n) is 10.3. The molecule has 0 fully saturated rings. The Kier molecular flexibility index (Phi) is 69.0. The van der Waals surface area contributed by atoms with Crippen LogP contribution in [0.1, 0.15) is 335 Å². The Morgan fingerprint density at radius 3 is 0.954 bits per heavy atom. The summed E-state index contributed by atoms with van der Waals surface area (Å²) in [7, 11) is -4.40. The fraction of sp³-hybridized carbons (Fsp3) is 0.740. The van der Waals surface area contributed by atoms with Gasteiger partial charge in [-0.15, -0.1) is 0 Å². The molecule has 87 heavy (non-hydrogen) atoms. The van der Waals surface area contributed by atoms with Crippen molar-refractivity contribution in [3.63, 3.8) is 0 Å². The third-order valence-electron chi connectivity index (χ3n) is 15.6. The van der Waals surface area contributed by atoms with Gasteiger partial charge in [-0.3, -0.25) is 18.6 Å². The number of phosphoric acid groups is 1. The second-order valence-electron chi connectivity index (χ2n) is 24.1. The normalized spacial score (nSPS) is 13.6. The number of carbonyl (C=O) groups excluding carboxylic acids is 2. The lowest BCUT2D eigenvalue weighted by atomic mass is 10.0. The van der Waals surface area contributed by atoms with Gasteiger partial charge in [-0.2, -0.15) is 0 Å². The van der Waals surface area contributed by atoms with Crippen LogP contribution < -0.4 is 5.73 Å². The number of hydrogen-bond acceptors (Lipinski definition) is 8. The Balaban J connectivity index is 3.88. The number of unbranched alkanes of at least 4 members (excludes halogenated alkanes) is 37. The van der Waals surface area contributed by atoms with E-state index in [1.807, 2.05) is 0 Å². The molecule has 0 rings (SSSR count). The van der Waals surface area contributed by atoms with E-state index in [-0.39, 0.29) is 38.6 Å². The van der Waals surface area contributed by atoms with Gasteiger partial charge in [0.2, 0.25) is 0 Å². The first-order valence-electron chi connectivity index (χ1n) is 36.4. The summed E-state index contributed by atoms with van der Waals surface area (Å²) in [5.41, 5.74) is 5.41. The Bertz CT molecular complexity index is 1800. The molecule has 0 aliphatic heterocycles. The monoisotopic (exact) mass is 1230 g/mol. The quantitative estimate of drug-likeness (QED) is 0.0264. The predicted molar refractivity (Wildman–Crippen MR) is 376 cm³/mol. The molecule has 0 aromatic rings. The minimum atomic E-state index is -4.40. The summed E-state index contributed by atoms with van der Waals surface area (Å²) in [5.74, 6) is -0.821. The van der Waals surface area contributed by atoms with Crippen LogP contribution in [-0.4, -0.2) is 49.3 Å². The zero-order valence-corrected chi connectivity index (χ0v) is 57.4. The maximum atomic E-state index is 12.8. The lowest BCUT2D eigenvalue weighted by molar-refractivity contribution is -0.161. The summed E-state index contributed by atoms with van der Waals surface area (Å²) in [5, 5.41) is 0. The van der Waals surface area contributed by atoms with Crippen molar-refractivity contribution in [1.82, 2.24) is 0 Å². The molecule has 10 heteroatoms. The Morgan fingerprint density at radius 2 is 0.632 bits per heavy atom. The van der Waals surface area contributed by atoms with Gasteiger partial charge in [0.15, 0.2) is 6.10 Å². The highest BCUT2D eigenvalue weighted by Crippen LogP contribution is 2.43. The second kappa shape index (κ2) is 71.7. The lowest BCUT2D eigenvalue weighted by Crippen LogP contribution is -2.29. The lowest BCUT2D eigenvalue weighted by Gasteiger charge is -2.19. The van der Waals surface area contributed by atoms with E-state index in [0.29, 0.717) is 6.42 Å². The average Bonchev–Trinajstić information content (AvgIpc) is 3.65. The van der Waals surface area contributed by atoms with E-state index in [9.17, 15) is 19.0 Å². The molecule has 0 saturated heterocycles. The summed E-state index contributed by atoms with van der Waals surface area (Å²) in [6.07, 6.45) is 99.0. The standard InChI is InChI=1S/C77H136NO8P/c1-3-5-7-9-11-13-15-17-19-21-23-25-27-29-31-33-34-35-36-37-38-39-40-42-44-46-48-50-52-54-56-58-60-62-64-66-68-70-77(80)86-75(74-85-87(81,82)84-72-71-78)73-83-76(79)69-67-65-63-61-59-57-55-53-51-49-47-45-43-41-32-30-28-26-24-22-20-18-16-14-12-10-8-6-4-2/h5,7,11,13,17,19,22-25,29,31,34-35,37-38,40,42,75H,3-4,6,8-10,12,14-16,18,20-21,26-28,30,32-33,36,39,41,43-74,78H2,1-2H3,(H,81,82)/b7-5-,13-11-,19-17-,24-22-,25-23-,31-29-,35-34-,38-37-,42-40-. The van der Waals surface area contributed by atoms with Gasteiger partial charge in [0, 0.05) is 19.4 Å². The van der Waals surface area contributed by atoms with Gasteiger partial charge >= 0.3 is 19.8 Å². The number of nitrogens with two attached hydrogens (primary N) is 1. The highest BCUT2D eigenvalue weighted by atomic mass is 31.2. The highest BCUT2D eigenvalue weighted by Gasteiger charge is 2.26. The number of allylic oxidation sites excluding steroid dienone is 18. The first-order chi connectivity index (χ1) is 42.8. The summed E-state index contributed by atoms with van der Waals surface area (Å²) in [6.45, 7) is 3.67. The van der Waals surface area contributed by atoms with Crippen LogP contribution >= 0.6 is 7.82 Å². The zero-order valence-electron chi connectivity index (χ0n) is 56.5. The molecule has 0 saturated carbocycles. The molecular formula is C77H136NO8P. The number of carbonyl (C=O) groups is 2. The molecule has 0 amide bonds. The number of esters is 2. The molecule has 0 aromatic carbocycles. The van der Waals surface area contributed by atoms with Crippen molar-refractivity contribution >= 4 is 19.8 Å². The van der Waals surface area contributed by atoms with E-state index in [1.54, 1.807) is 0 Å². The predicted octanol–water partition coefficient (Wildman–Crippen LogP) is 24.1. The van der Waals surface area contributed by atoms with Crippen molar-refractivity contribution in [2.45, 2.75) is 341 Å². The Hall–Kier alpha value is -3.33. The molecule has 0 aliphatic rings. The van der Waals surface area contributed by atoms with Crippen LogP contribution in [0.5, 0.6) is 0 Å². The third kappa shape index (κ3) is 71.6. The summed E-state index contributed by atoms with van der Waals surface area (Å²) >= 11 is 0. The molecule has 0 bridgehead atoms. The van der Waals surface area contributed by atoms with Crippen LogP contribution in [-0.2, 0) is 32.7 Å². The maximum Gasteiger partial charge on any atom is 0.472 e. The van der Waals surface area contributed by atoms with E-state index in [0.717, 1.165) is 89.9 Å². The SMILES string of the molecule is CC/C=C\C/C=C\C/C=C\C/C=C\C/C=C\C/C=C\C/C=C\C/C=C\CCCCCCCCCCCCCCC(=O)OC(COC(=O)CCCCCCCCCCCCCCCCCCC/C=C\CCCCCCCCCC)COP(=O)(O)OCCN. The van der Waals surface area contributed by atoms with Crippen molar-refractivity contribution in [1.29, 1.82) is 0 Å². The molecule has 0 heterocycles. The van der Waals surface area contributed by atoms with Gasteiger partial charge in [0.25, 0.3) is 0 Å². The summed E-state index contributed by atoms with van der Waals surface area (Å²) in [4.78, 5) is 35.4. The second-order valence-corrected chi connectivity index (χ2v) is 25.5. The van der Waals surface area contributed by atoms with Crippen molar-refractivity contribution in [3.8, 4) is 0 Å². The van der Waals surface area contributed by atoms with E-state index in [4.69, 9.17) is 24.3 Å². The minimum Gasteiger partial charge on any atom is -0.462 e. The van der Waals surface area contributed by atoms with Crippen LogP contribution in [0.15, 0.2) is 109 Å². The van der Waals surface area contributed by atoms with Gasteiger partial charge in [-0.05, 0) is 103 Å². The smallest absolute Gasteiger partial charge is 0.462 e. The van der Waals surface area contributed by atoms with Crippen LogP contribution in [0.3, 0.4) is 0 Å². The Morgan fingerprint density at radius 1 is 0.356 bits per heavy atom. The average molecular weight is 1230 g/mol. The third-order valence-corrected chi connectivity index (χ3v) is 16.6.